The van der Waals surface area contributed by atoms with Gasteiger partial charge in [0.1, 0.15) is 0 Å². The van der Waals surface area contributed by atoms with Crippen LogP contribution in [0.3, 0.4) is 0 Å². The average molecular weight is 244 g/mol. The molecule has 0 spiro atoms. The van der Waals surface area contributed by atoms with E-state index in [1.54, 1.807) is 0 Å². The smallest absolute Gasteiger partial charge is 0.0594 e. The first-order chi connectivity index (χ1) is 8.34. The molecule has 2 atom stereocenters. The van der Waals surface area contributed by atoms with Gasteiger partial charge in [-0.25, -0.2) is 0 Å². The van der Waals surface area contributed by atoms with Crippen LogP contribution in [0.4, 0.5) is 0 Å². The summed E-state index contributed by atoms with van der Waals surface area (Å²) in [4.78, 5) is 0. The molecule has 1 N–H and O–H groups in total. The first-order valence-electron chi connectivity index (χ1n) is 6.40. The van der Waals surface area contributed by atoms with Crippen LogP contribution in [0.2, 0.25) is 0 Å². The molecule has 2 heterocycles. The Labute approximate surface area is 107 Å². The number of benzene rings is 1. The number of hydrogen-bond acceptors (Lipinski definition) is 2. The third-order valence-corrected chi connectivity index (χ3v) is 4.68. The van der Waals surface area contributed by atoms with Gasteiger partial charge in [0.2, 0.25) is 0 Å². The first-order valence-corrected chi connectivity index (χ1v) is 6.80. The molecule has 17 heavy (non-hydrogen) atoms. The summed E-state index contributed by atoms with van der Waals surface area (Å²) in [6.45, 7) is 1.17. The second kappa shape index (κ2) is 3.53. The predicted octanol–water partition coefficient (Wildman–Crippen LogP) is 2.73. The second-order valence-electron chi connectivity index (χ2n) is 5.25. The Hall–Kier alpha value is -0.930. The minimum Gasteiger partial charge on any atom is -0.313 e. The van der Waals surface area contributed by atoms with Crippen LogP contribution in [-0.4, -0.2) is 16.6 Å². The molecule has 0 amide bonds. The van der Waals surface area contributed by atoms with E-state index < -0.39 is 0 Å². The molecule has 1 aliphatic carbocycles. The molecule has 0 saturated carbocycles. The maximum atomic E-state index is 4.53. The zero-order valence-corrected chi connectivity index (χ0v) is 10.6. The molecule has 0 radical (unpaired) electrons. The fourth-order valence-electron chi connectivity index (χ4n) is 3.62. The molecule has 1 aromatic carbocycles. The van der Waals surface area contributed by atoms with Crippen LogP contribution in [0.5, 0.6) is 0 Å². The van der Waals surface area contributed by atoms with Crippen molar-refractivity contribution in [1.82, 2.24) is 9.29 Å². The highest BCUT2D eigenvalue weighted by atomic mass is 32.1. The van der Waals surface area contributed by atoms with Crippen molar-refractivity contribution < 1.29 is 0 Å². The van der Waals surface area contributed by atoms with E-state index in [1.165, 1.54) is 41.4 Å². The van der Waals surface area contributed by atoms with Gasteiger partial charge in [-0.15, -0.1) is 0 Å². The first kappa shape index (κ1) is 10.0. The van der Waals surface area contributed by atoms with Crippen molar-refractivity contribution in [1.29, 1.82) is 0 Å². The van der Waals surface area contributed by atoms with Crippen molar-refractivity contribution in [2.24, 2.45) is 0 Å². The third-order valence-electron chi connectivity index (χ3n) is 4.34. The van der Waals surface area contributed by atoms with Crippen LogP contribution >= 0.6 is 12.8 Å². The van der Waals surface area contributed by atoms with E-state index in [2.05, 4.69) is 42.5 Å². The second-order valence-corrected chi connectivity index (χ2v) is 5.68. The lowest BCUT2D eigenvalue weighted by atomic mass is 9.76. The summed E-state index contributed by atoms with van der Waals surface area (Å²) in [5.41, 5.74) is 4.26. The fraction of sp³-hybridized carbons (Fsp3) is 0.429. The normalized spacial score (nSPS) is 27.1. The van der Waals surface area contributed by atoms with Crippen LogP contribution in [0.15, 0.2) is 24.4 Å². The molecule has 2 aliphatic rings. The van der Waals surface area contributed by atoms with E-state index in [4.69, 9.17) is 0 Å². The van der Waals surface area contributed by atoms with Crippen molar-refractivity contribution in [2.45, 2.75) is 31.2 Å². The van der Waals surface area contributed by atoms with E-state index in [1.807, 2.05) is 3.97 Å². The van der Waals surface area contributed by atoms with Crippen molar-refractivity contribution in [3.05, 3.63) is 35.5 Å². The van der Waals surface area contributed by atoms with Gasteiger partial charge < -0.3 is 5.32 Å². The number of nitrogens with zero attached hydrogens (tertiary/aromatic N) is 1. The summed E-state index contributed by atoms with van der Waals surface area (Å²) in [5.74, 6) is 0.704. The zero-order chi connectivity index (χ0) is 11.4. The third kappa shape index (κ3) is 1.33. The summed E-state index contributed by atoms with van der Waals surface area (Å²) in [7, 11) is 0. The van der Waals surface area contributed by atoms with Gasteiger partial charge >= 0.3 is 0 Å². The molecule has 1 aliphatic heterocycles. The van der Waals surface area contributed by atoms with Crippen molar-refractivity contribution in [3.63, 3.8) is 0 Å². The molecular weight excluding hydrogens is 228 g/mol. The summed E-state index contributed by atoms with van der Waals surface area (Å²) < 4.78 is 1.98. The number of nitrogens with one attached hydrogen (secondary N) is 1. The lowest BCUT2D eigenvalue weighted by molar-refractivity contribution is 0.345. The Morgan fingerprint density at radius 3 is 3.24 bits per heavy atom. The van der Waals surface area contributed by atoms with E-state index in [0.717, 1.165) is 6.42 Å². The highest BCUT2D eigenvalue weighted by molar-refractivity contribution is 7.78. The van der Waals surface area contributed by atoms with E-state index in [9.17, 15) is 0 Å². The summed E-state index contributed by atoms with van der Waals surface area (Å²) in [6.07, 6.45) is 5.97. The van der Waals surface area contributed by atoms with Gasteiger partial charge in [0.05, 0.1) is 5.52 Å². The Bertz CT molecular complexity index is 587. The standard InChI is InChI=1S/C14H16N2S/c17-16-8-9-7-12-10(4-2-6-15-12)11-3-1-5-13(16)14(9)11/h1,3,5,8,10,12,15,17H,2,4,6-7H2/t10-,12-/m1/s1. The number of piperidine rings is 1. The van der Waals surface area contributed by atoms with Crippen LogP contribution in [0, 0.1) is 0 Å². The van der Waals surface area contributed by atoms with Gasteiger partial charge in [-0.1, -0.05) is 24.9 Å². The highest BCUT2D eigenvalue weighted by Crippen LogP contribution is 2.41. The maximum Gasteiger partial charge on any atom is 0.0594 e. The SMILES string of the molecule is Sn1cc2c3c(cccc31)[C@H]1CCCN[C@@H]1C2. The number of aromatic nitrogens is 1. The maximum absolute atomic E-state index is 4.53. The lowest BCUT2D eigenvalue weighted by Gasteiger charge is -2.36. The van der Waals surface area contributed by atoms with Gasteiger partial charge in [0.15, 0.2) is 0 Å². The quantitative estimate of drug-likeness (QED) is 0.681. The van der Waals surface area contributed by atoms with Crippen molar-refractivity contribution >= 4 is 23.7 Å². The van der Waals surface area contributed by atoms with Crippen LogP contribution in [-0.2, 0) is 6.42 Å². The lowest BCUT2D eigenvalue weighted by Crippen LogP contribution is -2.43. The average Bonchev–Trinajstić information content (AvgIpc) is 2.68. The summed E-state index contributed by atoms with van der Waals surface area (Å²) >= 11 is 4.53. The molecular formula is C14H16N2S. The molecule has 0 unspecified atom stereocenters. The zero-order valence-electron chi connectivity index (χ0n) is 9.69. The molecule has 0 bridgehead atoms. The molecule has 4 rings (SSSR count). The number of rotatable bonds is 0. The summed E-state index contributed by atoms with van der Waals surface area (Å²) in [5, 5.41) is 5.15. The largest absolute Gasteiger partial charge is 0.313 e. The Balaban J connectivity index is 2.00. The molecule has 88 valence electrons. The van der Waals surface area contributed by atoms with Gasteiger partial charge in [-0.05, 0) is 43.0 Å². The molecule has 2 aromatic rings. The fourth-order valence-corrected chi connectivity index (χ4v) is 3.93. The Morgan fingerprint density at radius 1 is 1.35 bits per heavy atom. The van der Waals surface area contributed by atoms with Crippen LogP contribution in [0.1, 0.15) is 29.9 Å². The van der Waals surface area contributed by atoms with E-state index in [0.29, 0.717) is 12.0 Å². The van der Waals surface area contributed by atoms with Crippen molar-refractivity contribution in [3.8, 4) is 0 Å². The van der Waals surface area contributed by atoms with E-state index >= 15 is 0 Å². The topological polar surface area (TPSA) is 17.0 Å². The Morgan fingerprint density at radius 2 is 2.29 bits per heavy atom. The Kier molecular flexibility index (Phi) is 2.08. The molecule has 1 saturated heterocycles. The monoisotopic (exact) mass is 244 g/mol. The number of fused-ring (bicyclic) bond motifs is 2. The molecule has 1 aromatic heterocycles. The molecule has 3 heteroatoms. The predicted molar refractivity (Wildman–Crippen MR) is 73.8 cm³/mol. The van der Waals surface area contributed by atoms with Gasteiger partial charge in [-0.2, -0.15) is 0 Å². The minimum atomic E-state index is 0.637. The minimum absolute atomic E-state index is 0.637. The van der Waals surface area contributed by atoms with Crippen LogP contribution < -0.4 is 5.32 Å². The number of thiol groups is 1. The van der Waals surface area contributed by atoms with Gasteiger partial charge in [0.25, 0.3) is 0 Å². The molecule has 1 fully saturated rings. The number of hydrogen-bond donors (Lipinski definition) is 2. The van der Waals surface area contributed by atoms with E-state index in [-0.39, 0.29) is 0 Å². The van der Waals surface area contributed by atoms with Gasteiger partial charge in [0, 0.05) is 23.5 Å². The summed E-state index contributed by atoms with van der Waals surface area (Å²) in [6, 6.07) is 7.29. The highest BCUT2D eigenvalue weighted by Gasteiger charge is 2.33. The van der Waals surface area contributed by atoms with Crippen LogP contribution in [0.25, 0.3) is 10.9 Å². The molecule has 2 nitrogen and oxygen atoms in total. The van der Waals surface area contributed by atoms with Crippen molar-refractivity contribution in [2.75, 3.05) is 6.54 Å². The van der Waals surface area contributed by atoms with Gasteiger partial charge in [-0.3, -0.25) is 3.97 Å².